The van der Waals surface area contributed by atoms with E-state index in [9.17, 15) is 19.7 Å². The molecule has 1 amide bonds. The van der Waals surface area contributed by atoms with Crippen LogP contribution in [0.4, 0.5) is 5.69 Å². The molecule has 0 bridgehead atoms. The van der Waals surface area contributed by atoms with E-state index in [2.05, 4.69) is 0 Å². The lowest BCUT2D eigenvalue weighted by atomic mass is 10.2. The highest BCUT2D eigenvalue weighted by atomic mass is 16.6. The summed E-state index contributed by atoms with van der Waals surface area (Å²) in [5, 5.41) is 10.8. The number of likely N-dealkylation sites (N-methyl/N-ethyl adjacent to an activating group) is 1. The highest BCUT2D eigenvalue weighted by Gasteiger charge is 2.16. The summed E-state index contributed by atoms with van der Waals surface area (Å²) in [6.07, 6.45) is 0.450. The summed E-state index contributed by atoms with van der Waals surface area (Å²) in [6.45, 7) is 1.01. The molecule has 9 nitrogen and oxygen atoms in total. The van der Waals surface area contributed by atoms with Crippen molar-refractivity contribution in [2.45, 2.75) is 6.54 Å². The predicted molar refractivity (Wildman–Crippen MR) is 97.9 cm³/mol. The number of nitro groups is 1. The van der Waals surface area contributed by atoms with Crippen molar-refractivity contribution in [2.75, 3.05) is 26.9 Å². The second kappa shape index (κ2) is 8.38. The summed E-state index contributed by atoms with van der Waals surface area (Å²) in [5.74, 6) is 1.11. The molecule has 3 rings (SSSR count). The Bertz CT molecular complexity index is 913. The van der Waals surface area contributed by atoms with Crippen LogP contribution in [0.2, 0.25) is 0 Å². The molecule has 0 N–H and O–H groups in total. The first-order valence-electron chi connectivity index (χ1n) is 8.47. The third-order valence-electron chi connectivity index (χ3n) is 4.13. The molecule has 0 unspecified atom stereocenters. The largest absolute Gasteiger partial charge is 0.486 e. The van der Waals surface area contributed by atoms with E-state index >= 15 is 0 Å². The second-order valence-electron chi connectivity index (χ2n) is 6.11. The fraction of sp³-hybridized carbons (Fsp3) is 0.263. The Morgan fingerprint density at radius 3 is 2.68 bits per heavy atom. The molecule has 1 aliphatic rings. The number of ether oxygens (including phenoxy) is 3. The van der Waals surface area contributed by atoms with Crippen LogP contribution in [0, 0.1) is 10.1 Å². The van der Waals surface area contributed by atoms with Crippen molar-refractivity contribution < 1.29 is 28.7 Å². The first kappa shape index (κ1) is 19.2. The molecule has 0 fully saturated rings. The summed E-state index contributed by atoms with van der Waals surface area (Å²) >= 11 is 0. The minimum Gasteiger partial charge on any atom is -0.486 e. The van der Waals surface area contributed by atoms with E-state index < -0.39 is 4.92 Å². The zero-order valence-corrected chi connectivity index (χ0v) is 15.1. The number of aldehydes is 1. The molecule has 0 saturated heterocycles. The predicted octanol–water partition coefficient (Wildman–Crippen LogP) is 2.22. The van der Waals surface area contributed by atoms with Gasteiger partial charge in [0.25, 0.3) is 11.6 Å². The summed E-state index contributed by atoms with van der Waals surface area (Å²) < 4.78 is 16.4. The van der Waals surface area contributed by atoms with Crippen LogP contribution in [0.1, 0.15) is 15.9 Å². The van der Waals surface area contributed by atoms with E-state index in [1.807, 2.05) is 12.1 Å². The van der Waals surface area contributed by atoms with Gasteiger partial charge < -0.3 is 19.1 Å². The summed E-state index contributed by atoms with van der Waals surface area (Å²) in [4.78, 5) is 35.1. The summed E-state index contributed by atoms with van der Waals surface area (Å²) in [5.41, 5.74) is 0.650. The summed E-state index contributed by atoms with van der Waals surface area (Å²) in [6, 6.07) is 9.08. The van der Waals surface area contributed by atoms with Crippen molar-refractivity contribution in [1.82, 2.24) is 4.90 Å². The standard InChI is InChI=1S/C19H18N2O7/c1-20(10-13-2-4-17-18(8-13)27-7-6-26-17)19(23)12-28-16-5-3-15(21(24)25)9-14(16)11-22/h2-5,8-9,11H,6-7,10,12H2,1H3. The van der Waals surface area contributed by atoms with E-state index in [-0.39, 0.29) is 29.5 Å². The van der Waals surface area contributed by atoms with Gasteiger partial charge in [-0.3, -0.25) is 19.7 Å². The SMILES string of the molecule is CN(Cc1ccc2c(c1)OCCO2)C(=O)COc1ccc([N+](=O)[O-])cc1C=O. The van der Waals surface area contributed by atoms with Gasteiger partial charge in [-0.15, -0.1) is 0 Å². The second-order valence-corrected chi connectivity index (χ2v) is 6.11. The van der Waals surface area contributed by atoms with Crippen LogP contribution in [0.3, 0.4) is 0 Å². The number of non-ortho nitro benzene ring substituents is 1. The lowest BCUT2D eigenvalue weighted by Gasteiger charge is -2.21. The molecule has 0 spiro atoms. The highest BCUT2D eigenvalue weighted by Crippen LogP contribution is 2.31. The molecule has 0 aliphatic carbocycles. The van der Waals surface area contributed by atoms with Crippen molar-refractivity contribution in [3.05, 3.63) is 57.6 Å². The van der Waals surface area contributed by atoms with Gasteiger partial charge in [0.15, 0.2) is 24.4 Å². The topological polar surface area (TPSA) is 108 Å². The maximum Gasteiger partial charge on any atom is 0.270 e. The number of hydrogen-bond donors (Lipinski definition) is 0. The summed E-state index contributed by atoms with van der Waals surface area (Å²) in [7, 11) is 1.62. The highest BCUT2D eigenvalue weighted by molar-refractivity contribution is 5.82. The quantitative estimate of drug-likeness (QED) is 0.408. The number of carbonyl (C=O) groups excluding carboxylic acids is 2. The molecule has 0 saturated carbocycles. The average Bonchev–Trinajstić information content (AvgIpc) is 2.71. The van der Waals surface area contributed by atoms with Crippen LogP contribution in [0.5, 0.6) is 17.2 Å². The average molecular weight is 386 g/mol. The molecule has 9 heteroatoms. The van der Waals surface area contributed by atoms with E-state index in [1.54, 1.807) is 13.1 Å². The molecule has 1 heterocycles. The molecule has 2 aromatic rings. The molecule has 2 aromatic carbocycles. The normalized spacial score (nSPS) is 12.2. The third-order valence-corrected chi connectivity index (χ3v) is 4.13. The Hall–Kier alpha value is -3.62. The smallest absolute Gasteiger partial charge is 0.270 e. The van der Waals surface area contributed by atoms with Gasteiger partial charge in [0.2, 0.25) is 0 Å². The van der Waals surface area contributed by atoms with Gasteiger partial charge in [0.1, 0.15) is 19.0 Å². The Labute approximate surface area is 160 Å². The Balaban J connectivity index is 1.60. The van der Waals surface area contributed by atoms with Gasteiger partial charge in [-0.25, -0.2) is 0 Å². The van der Waals surface area contributed by atoms with E-state index in [0.29, 0.717) is 37.5 Å². The van der Waals surface area contributed by atoms with Crippen LogP contribution in [0.15, 0.2) is 36.4 Å². The first-order valence-corrected chi connectivity index (χ1v) is 8.47. The van der Waals surface area contributed by atoms with Crippen molar-refractivity contribution in [1.29, 1.82) is 0 Å². The van der Waals surface area contributed by atoms with Crippen LogP contribution in [0.25, 0.3) is 0 Å². The zero-order valence-electron chi connectivity index (χ0n) is 15.1. The van der Waals surface area contributed by atoms with Gasteiger partial charge in [-0.05, 0) is 23.8 Å². The monoisotopic (exact) mass is 386 g/mol. The Morgan fingerprint density at radius 2 is 1.96 bits per heavy atom. The van der Waals surface area contributed by atoms with Crippen LogP contribution in [-0.4, -0.2) is 48.9 Å². The molecular weight excluding hydrogens is 368 g/mol. The number of amides is 1. The maximum absolute atomic E-state index is 12.3. The van der Waals surface area contributed by atoms with Gasteiger partial charge in [0.05, 0.1) is 10.5 Å². The maximum atomic E-state index is 12.3. The molecule has 1 aliphatic heterocycles. The Kier molecular flexibility index (Phi) is 5.73. The van der Waals surface area contributed by atoms with Gasteiger partial charge in [-0.2, -0.15) is 0 Å². The molecule has 0 radical (unpaired) electrons. The molecule has 0 atom stereocenters. The molecule has 146 valence electrons. The minimum atomic E-state index is -0.608. The third kappa shape index (κ3) is 4.37. The lowest BCUT2D eigenvalue weighted by molar-refractivity contribution is -0.384. The fourth-order valence-corrected chi connectivity index (χ4v) is 2.67. The van der Waals surface area contributed by atoms with E-state index in [1.165, 1.54) is 17.0 Å². The minimum absolute atomic E-state index is 0.0106. The van der Waals surface area contributed by atoms with Crippen molar-refractivity contribution in [3.8, 4) is 17.2 Å². The van der Waals surface area contributed by atoms with Crippen LogP contribution < -0.4 is 14.2 Å². The lowest BCUT2D eigenvalue weighted by Crippen LogP contribution is -2.31. The number of nitrogens with zero attached hydrogens (tertiary/aromatic N) is 2. The van der Waals surface area contributed by atoms with Crippen molar-refractivity contribution >= 4 is 17.9 Å². The van der Waals surface area contributed by atoms with E-state index in [4.69, 9.17) is 14.2 Å². The fourth-order valence-electron chi connectivity index (χ4n) is 2.67. The number of carbonyl (C=O) groups is 2. The zero-order chi connectivity index (χ0) is 20.1. The Morgan fingerprint density at radius 1 is 1.21 bits per heavy atom. The number of benzene rings is 2. The molecule has 28 heavy (non-hydrogen) atoms. The molecule has 0 aromatic heterocycles. The van der Waals surface area contributed by atoms with Crippen molar-refractivity contribution in [2.24, 2.45) is 0 Å². The van der Waals surface area contributed by atoms with Gasteiger partial charge in [0, 0.05) is 25.7 Å². The van der Waals surface area contributed by atoms with E-state index in [0.717, 1.165) is 11.6 Å². The number of hydrogen-bond acceptors (Lipinski definition) is 7. The van der Waals surface area contributed by atoms with Crippen LogP contribution in [-0.2, 0) is 11.3 Å². The number of rotatable bonds is 7. The number of nitro benzene ring substituents is 1. The first-order chi connectivity index (χ1) is 13.5. The van der Waals surface area contributed by atoms with Crippen molar-refractivity contribution in [3.63, 3.8) is 0 Å². The molecular formula is C19H18N2O7. The van der Waals surface area contributed by atoms with Gasteiger partial charge in [-0.1, -0.05) is 6.07 Å². The number of fused-ring (bicyclic) bond motifs is 1. The van der Waals surface area contributed by atoms with Gasteiger partial charge >= 0.3 is 0 Å². The van der Waals surface area contributed by atoms with Crippen LogP contribution >= 0.6 is 0 Å².